The lowest BCUT2D eigenvalue weighted by Crippen LogP contribution is -2.30. The van der Waals surface area contributed by atoms with E-state index in [1.807, 2.05) is 0 Å². The Bertz CT molecular complexity index is 2100. The van der Waals surface area contributed by atoms with Crippen molar-refractivity contribution in [3.8, 4) is 0 Å². The Morgan fingerprint density at radius 2 is 0.468 bits per heavy atom. The van der Waals surface area contributed by atoms with Crippen molar-refractivity contribution in [3.05, 3.63) is 0 Å². The fourth-order valence-electron chi connectivity index (χ4n) is 14.0. The summed E-state index contributed by atoms with van der Waals surface area (Å²) >= 11 is 0. The van der Waals surface area contributed by atoms with Crippen LogP contribution in [0.3, 0.4) is 0 Å². The molecule has 0 fully saturated rings. The minimum atomic E-state index is -4.97. The van der Waals surface area contributed by atoms with Crippen molar-refractivity contribution >= 4 is 39.5 Å². The predicted octanol–water partition coefficient (Wildman–Crippen LogP) is 27.6. The molecule has 0 heterocycles. The molecule has 0 radical (unpaired) electrons. The molecule has 648 valence electrons. The molecular formula is C90H176O17P2. The number of aliphatic hydroxyl groups excluding tert-OH is 1. The Morgan fingerprint density at radius 1 is 0.266 bits per heavy atom. The molecule has 0 aromatic rings. The first kappa shape index (κ1) is 107. The third-order valence-corrected chi connectivity index (χ3v) is 23.4. The van der Waals surface area contributed by atoms with Crippen LogP contribution in [-0.2, 0) is 65.4 Å². The van der Waals surface area contributed by atoms with Gasteiger partial charge < -0.3 is 33.8 Å². The molecule has 0 spiro atoms. The van der Waals surface area contributed by atoms with Gasteiger partial charge in [0.2, 0.25) is 0 Å². The topological polar surface area (TPSA) is 237 Å². The van der Waals surface area contributed by atoms with Crippen LogP contribution in [0, 0.1) is 17.8 Å². The fourth-order valence-corrected chi connectivity index (χ4v) is 15.6. The Hall–Kier alpha value is -1.94. The van der Waals surface area contributed by atoms with Crippen molar-refractivity contribution in [1.82, 2.24) is 0 Å². The molecule has 19 heteroatoms. The van der Waals surface area contributed by atoms with E-state index in [0.717, 1.165) is 108 Å². The van der Waals surface area contributed by atoms with Crippen LogP contribution in [0.25, 0.3) is 0 Å². The molecule has 0 rings (SSSR count). The van der Waals surface area contributed by atoms with E-state index in [1.165, 1.54) is 283 Å². The molecule has 0 aliphatic carbocycles. The van der Waals surface area contributed by atoms with Crippen LogP contribution in [0.4, 0.5) is 0 Å². The molecule has 109 heavy (non-hydrogen) atoms. The van der Waals surface area contributed by atoms with Crippen LogP contribution >= 0.6 is 15.6 Å². The first-order valence-electron chi connectivity index (χ1n) is 46.4. The summed E-state index contributed by atoms with van der Waals surface area (Å²) in [6.07, 6.45) is 72.3. The summed E-state index contributed by atoms with van der Waals surface area (Å²) in [5, 5.41) is 10.7. The number of phosphoric ester groups is 2. The van der Waals surface area contributed by atoms with Gasteiger partial charge in [-0.05, 0) is 43.4 Å². The zero-order valence-corrected chi connectivity index (χ0v) is 73.8. The molecule has 6 atom stereocenters. The number of rotatable bonds is 88. The maximum atomic E-state index is 13.2. The molecule has 0 aromatic carbocycles. The summed E-state index contributed by atoms with van der Waals surface area (Å²) in [6, 6.07) is 0. The molecule has 0 amide bonds. The van der Waals surface area contributed by atoms with Gasteiger partial charge in [0.15, 0.2) is 12.2 Å². The van der Waals surface area contributed by atoms with Gasteiger partial charge in [-0.3, -0.25) is 37.3 Å². The average molecular weight is 1590 g/mol. The quantitative estimate of drug-likeness (QED) is 0.0222. The van der Waals surface area contributed by atoms with E-state index in [9.17, 15) is 43.2 Å². The van der Waals surface area contributed by atoms with E-state index in [-0.39, 0.29) is 25.7 Å². The van der Waals surface area contributed by atoms with Crippen LogP contribution < -0.4 is 0 Å². The maximum absolute atomic E-state index is 13.2. The third kappa shape index (κ3) is 82.4. The standard InChI is InChI=1S/C90H176O17P2/c1-8-10-11-12-13-14-15-16-17-18-22-29-34-39-44-51-59-67-74-90(95)107-86(78-101-88(93)72-65-58-53-46-48-55-62-69-82(5)6)80-105-109(98,99)103-76-84(91)75-102-108(96,97)104-79-85(77-100-87(92)71-64-57-50-43-38-33-28-25-24-26-31-36-41-47-54-61-68-81(3)4)106-89(94)73-66-60-52-45-40-35-30-23-20-19-21-27-32-37-42-49-56-63-70-83(7)9-2/h81-86,91H,8-80H2,1-7H3,(H,96,97)(H,98,99)/t83?,84-,85-,86-/m1/s1. The largest absolute Gasteiger partial charge is 0.472 e. The van der Waals surface area contributed by atoms with E-state index < -0.39 is 97.5 Å². The highest BCUT2D eigenvalue weighted by atomic mass is 31.2. The fraction of sp³-hybridized carbons (Fsp3) is 0.956. The van der Waals surface area contributed by atoms with E-state index in [0.29, 0.717) is 31.6 Å². The molecular weight excluding hydrogens is 1410 g/mol. The van der Waals surface area contributed by atoms with Gasteiger partial charge in [-0.25, -0.2) is 9.13 Å². The van der Waals surface area contributed by atoms with Crippen LogP contribution in [0.2, 0.25) is 0 Å². The highest BCUT2D eigenvalue weighted by molar-refractivity contribution is 7.47. The minimum Gasteiger partial charge on any atom is -0.462 e. The van der Waals surface area contributed by atoms with Crippen molar-refractivity contribution in [1.29, 1.82) is 0 Å². The van der Waals surface area contributed by atoms with Crippen molar-refractivity contribution in [3.63, 3.8) is 0 Å². The van der Waals surface area contributed by atoms with Gasteiger partial charge in [0.05, 0.1) is 26.4 Å². The van der Waals surface area contributed by atoms with Gasteiger partial charge in [-0.15, -0.1) is 0 Å². The highest BCUT2D eigenvalue weighted by Crippen LogP contribution is 2.45. The monoisotopic (exact) mass is 1590 g/mol. The molecule has 0 bridgehead atoms. The van der Waals surface area contributed by atoms with E-state index >= 15 is 0 Å². The molecule has 0 aliphatic rings. The van der Waals surface area contributed by atoms with Crippen LogP contribution in [0.1, 0.15) is 479 Å². The van der Waals surface area contributed by atoms with Gasteiger partial charge >= 0.3 is 39.5 Å². The third-order valence-electron chi connectivity index (χ3n) is 21.5. The van der Waals surface area contributed by atoms with Crippen LogP contribution in [0.15, 0.2) is 0 Å². The normalized spacial score (nSPS) is 14.1. The molecule has 3 N–H and O–H groups in total. The second-order valence-corrected chi connectivity index (χ2v) is 36.4. The number of hydrogen-bond donors (Lipinski definition) is 3. The maximum Gasteiger partial charge on any atom is 0.472 e. The molecule has 0 aliphatic heterocycles. The Labute approximate surface area is 670 Å². The molecule has 0 aromatic heterocycles. The Kier molecular flexibility index (Phi) is 78.5. The zero-order chi connectivity index (χ0) is 80.0. The van der Waals surface area contributed by atoms with Crippen molar-refractivity contribution < 1.29 is 80.2 Å². The first-order valence-corrected chi connectivity index (χ1v) is 49.4. The van der Waals surface area contributed by atoms with Crippen LogP contribution in [0.5, 0.6) is 0 Å². The molecule has 0 saturated carbocycles. The second kappa shape index (κ2) is 79.9. The number of unbranched alkanes of at least 4 members (excludes halogenated alkanes) is 55. The number of hydrogen-bond acceptors (Lipinski definition) is 15. The summed E-state index contributed by atoms with van der Waals surface area (Å²) in [5.74, 6) is 0.288. The number of esters is 4. The van der Waals surface area contributed by atoms with Gasteiger partial charge in [0.25, 0.3) is 0 Å². The SMILES string of the molecule is CCCCCCCCCCCCCCCCCCCCC(=O)O[C@H](COC(=O)CCCCCCCCCC(C)C)COP(=O)(O)OC[C@H](O)COP(=O)(O)OC[C@@H](COC(=O)CCCCCCCCCCCCCCCCCCC(C)C)OC(=O)CCCCCCCCCCCCCCCCCCCCC(C)CC. The van der Waals surface area contributed by atoms with E-state index in [1.54, 1.807) is 0 Å². The van der Waals surface area contributed by atoms with Gasteiger partial charge in [-0.1, -0.05) is 427 Å². The minimum absolute atomic E-state index is 0.108. The van der Waals surface area contributed by atoms with Crippen LogP contribution in [-0.4, -0.2) is 96.7 Å². The van der Waals surface area contributed by atoms with Gasteiger partial charge in [0.1, 0.15) is 19.3 Å². The lowest BCUT2D eigenvalue weighted by Gasteiger charge is -2.21. The van der Waals surface area contributed by atoms with Crippen molar-refractivity contribution in [2.75, 3.05) is 39.6 Å². The number of aliphatic hydroxyl groups is 1. The number of carbonyl (C=O) groups excluding carboxylic acids is 4. The number of phosphoric acid groups is 2. The summed E-state index contributed by atoms with van der Waals surface area (Å²) in [6.45, 7) is 12.0. The zero-order valence-electron chi connectivity index (χ0n) is 72.0. The number of ether oxygens (including phenoxy) is 4. The smallest absolute Gasteiger partial charge is 0.462 e. The lowest BCUT2D eigenvalue weighted by molar-refractivity contribution is -0.161. The summed E-state index contributed by atoms with van der Waals surface area (Å²) < 4.78 is 69.0. The van der Waals surface area contributed by atoms with Crippen molar-refractivity contribution in [2.24, 2.45) is 17.8 Å². The van der Waals surface area contributed by atoms with Gasteiger partial charge in [-0.2, -0.15) is 0 Å². The molecule has 3 unspecified atom stereocenters. The predicted molar refractivity (Wildman–Crippen MR) is 451 cm³/mol. The van der Waals surface area contributed by atoms with E-state index in [2.05, 4.69) is 48.5 Å². The summed E-state index contributed by atoms with van der Waals surface area (Å²) in [4.78, 5) is 73.3. The summed E-state index contributed by atoms with van der Waals surface area (Å²) in [7, 11) is -9.93. The molecule has 0 saturated heterocycles. The second-order valence-electron chi connectivity index (χ2n) is 33.5. The lowest BCUT2D eigenvalue weighted by atomic mass is 9.99. The van der Waals surface area contributed by atoms with Crippen molar-refractivity contribution in [2.45, 2.75) is 497 Å². The van der Waals surface area contributed by atoms with E-state index in [4.69, 9.17) is 37.0 Å². The highest BCUT2D eigenvalue weighted by Gasteiger charge is 2.31. The molecule has 17 nitrogen and oxygen atoms in total. The number of carbonyl (C=O) groups is 4. The average Bonchev–Trinajstić information content (AvgIpc) is 0.899. The Balaban J connectivity index is 5.22. The first-order chi connectivity index (χ1) is 52.8. The van der Waals surface area contributed by atoms with Gasteiger partial charge in [0, 0.05) is 25.7 Å². The summed E-state index contributed by atoms with van der Waals surface area (Å²) in [5.41, 5.74) is 0. The Morgan fingerprint density at radius 3 is 0.697 bits per heavy atom.